The van der Waals surface area contributed by atoms with Crippen LogP contribution >= 0.6 is 11.6 Å². The van der Waals surface area contributed by atoms with Crippen LogP contribution in [0.1, 0.15) is 30.7 Å². The summed E-state index contributed by atoms with van der Waals surface area (Å²) in [6.45, 7) is 2.12. The fraction of sp³-hybridized carbons (Fsp3) is 0.500. The van der Waals surface area contributed by atoms with E-state index < -0.39 is 6.10 Å². The van der Waals surface area contributed by atoms with Gasteiger partial charge in [-0.05, 0) is 30.4 Å². The molecular formula is C10H12ClNO. The highest BCUT2D eigenvalue weighted by Crippen LogP contribution is 2.34. The predicted molar refractivity (Wildman–Crippen MR) is 51.7 cm³/mol. The van der Waals surface area contributed by atoms with Gasteiger partial charge < -0.3 is 5.11 Å². The van der Waals surface area contributed by atoms with Crippen molar-refractivity contribution in [3.63, 3.8) is 0 Å². The van der Waals surface area contributed by atoms with Gasteiger partial charge in [0.1, 0.15) is 0 Å². The number of halogens is 1. The molecule has 1 aliphatic carbocycles. The maximum Gasteiger partial charge on any atom is 0.0965 e. The first-order valence-electron chi connectivity index (χ1n) is 4.50. The summed E-state index contributed by atoms with van der Waals surface area (Å²) in [6, 6.07) is 1.78. The fourth-order valence-corrected chi connectivity index (χ4v) is 2.13. The Morgan fingerprint density at radius 3 is 3.15 bits per heavy atom. The monoisotopic (exact) mass is 197 g/mol. The second-order valence-electron chi connectivity index (χ2n) is 3.72. The molecule has 0 bridgehead atoms. The molecule has 0 radical (unpaired) electrons. The Labute approximate surface area is 82.6 Å². The molecule has 70 valence electrons. The Balaban J connectivity index is 2.49. The molecule has 2 nitrogen and oxygen atoms in total. The van der Waals surface area contributed by atoms with E-state index in [4.69, 9.17) is 11.6 Å². The highest BCUT2D eigenvalue weighted by atomic mass is 35.5. The number of hydrogen-bond acceptors (Lipinski definition) is 2. The maximum atomic E-state index is 9.74. The van der Waals surface area contributed by atoms with Crippen molar-refractivity contribution in [3.8, 4) is 0 Å². The minimum Gasteiger partial charge on any atom is -0.387 e. The van der Waals surface area contributed by atoms with Crippen LogP contribution in [0.4, 0.5) is 0 Å². The Morgan fingerprint density at radius 2 is 2.38 bits per heavy atom. The molecule has 3 heteroatoms. The van der Waals surface area contributed by atoms with Crippen LogP contribution in [0.2, 0.25) is 5.02 Å². The summed E-state index contributed by atoms with van der Waals surface area (Å²) < 4.78 is 0. The highest BCUT2D eigenvalue weighted by molar-refractivity contribution is 6.31. The molecule has 13 heavy (non-hydrogen) atoms. The van der Waals surface area contributed by atoms with E-state index in [0.717, 1.165) is 29.1 Å². The summed E-state index contributed by atoms with van der Waals surface area (Å²) in [5.74, 6) is 0.490. The van der Waals surface area contributed by atoms with Gasteiger partial charge in [-0.3, -0.25) is 4.98 Å². The smallest absolute Gasteiger partial charge is 0.0965 e. The Morgan fingerprint density at radius 1 is 1.62 bits per heavy atom. The molecule has 0 saturated carbocycles. The van der Waals surface area contributed by atoms with Crippen LogP contribution in [-0.4, -0.2) is 10.1 Å². The van der Waals surface area contributed by atoms with E-state index in [0.29, 0.717) is 5.92 Å². The Bertz CT molecular complexity index is 327. The molecule has 0 unspecified atom stereocenters. The third-order valence-electron chi connectivity index (χ3n) is 2.53. The van der Waals surface area contributed by atoms with Crippen LogP contribution < -0.4 is 0 Å². The molecule has 0 fully saturated rings. The van der Waals surface area contributed by atoms with Gasteiger partial charge in [0.15, 0.2) is 0 Å². The first-order chi connectivity index (χ1) is 6.18. The number of hydrogen-bond donors (Lipinski definition) is 1. The summed E-state index contributed by atoms with van der Waals surface area (Å²) in [4.78, 5) is 4.16. The van der Waals surface area contributed by atoms with E-state index in [1.807, 2.05) is 0 Å². The average Bonchev–Trinajstić information content (AvgIpc) is 2.07. The summed E-state index contributed by atoms with van der Waals surface area (Å²) in [6.07, 6.45) is 2.94. The lowest BCUT2D eigenvalue weighted by atomic mass is 9.86. The summed E-state index contributed by atoms with van der Waals surface area (Å²) >= 11 is 6.02. The molecule has 1 aromatic heterocycles. The number of aliphatic hydroxyl groups is 1. The SMILES string of the molecule is C[C@H]1Cc2c(Cl)ccnc2[C@H](O)C1. The van der Waals surface area contributed by atoms with Gasteiger partial charge in [0.25, 0.3) is 0 Å². The minimum atomic E-state index is -0.433. The van der Waals surface area contributed by atoms with E-state index in [9.17, 15) is 5.11 Å². The van der Waals surface area contributed by atoms with Crippen molar-refractivity contribution in [1.82, 2.24) is 4.98 Å². The lowest BCUT2D eigenvalue weighted by Gasteiger charge is -2.25. The molecule has 0 aliphatic heterocycles. The van der Waals surface area contributed by atoms with Crippen molar-refractivity contribution in [1.29, 1.82) is 0 Å². The van der Waals surface area contributed by atoms with Gasteiger partial charge >= 0.3 is 0 Å². The number of aromatic nitrogens is 1. The van der Waals surface area contributed by atoms with Crippen LogP contribution in [0, 0.1) is 5.92 Å². The summed E-state index contributed by atoms with van der Waals surface area (Å²) in [5, 5.41) is 10.5. The van der Waals surface area contributed by atoms with Gasteiger partial charge in [0.05, 0.1) is 11.8 Å². The number of rotatable bonds is 0. The molecule has 1 aliphatic rings. The molecule has 0 amide bonds. The molecule has 0 spiro atoms. The molecule has 2 rings (SSSR count). The van der Waals surface area contributed by atoms with Crippen molar-refractivity contribution >= 4 is 11.6 Å². The Hall–Kier alpha value is -0.600. The lowest BCUT2D eigenvalue weighted by Crippen LogP contribution is -2.18. The van der Waals surface area contributed by atoms with E-state index >= 15 is 0 Å². The second kappa shape index (κ2) is 3.28. The minimum absolute atomic E-state index is 0.433. The highest BCUT2D eigenvalue weighted by Gasteiger charge is 2.25. The second-order valence-corrected chi connectivity index (χ2v) is 4.12. The largest absolute Gasteiger partial charge is 0.387 e. The van der Waals surface area contributed by atoms with Crippen molar-refractivity contribution < 1.29 is 5.11 Å². The van der Waals surface area contributed by atoms with Crippen LogP contribution in [0.5, 0.6) is 0 Å². The van der Waals surface area contributed by atoms with Gasteiger partial charge in [0, 0.05) is 11.2 Å². The molecule has 1 heterocycles. The lowest BCUT2D eigenvalue weighted by molar-refractivity contribution is 0.131. The van der Waals surface area contributed by atoms with Gasteiger partial charge in [-0.25, -0.2) is 0 Å². The fourth-order valence-electron chi connectivity index (χ4n) is 1.90. The zero-order valence-electron chi connectivity index (χ0n) is 7.50. The third kappa shape index (κ3) is 1.56. The molecule has 2 atom stereocenters. The van der Waals surface area contributed by atoms with E-state index in [1.54, 1.807) is 12.3 Å². The Kier molecular flexibility index (Phi) is 2.26. The quantitative estimate of drug-likeness (QED) is 0.693. The number of nitrogens with zero attached hydrogens (tertiary/aromatic N) is 1. The van der Waals surface area contributed by atoms with Crippen molar-refractivity contribution in [2.24, 2.45) is 5.92 Å². The van der Waals surface area contributed by atoms with Gasteiger partial charge in [0.2, 0.25) is 0 Å². The molecular weight excluding hydrogens is 186 g/mol. The normalized spacial score (nSPS) is 27.0. The zero-order chi connectivity index (χ0) is 9.42. The van der Waals surface area contributed by atoms with Crippen molar-refractivity contribution in [3.05, 3.63) is 28.5 Å². The van der Waals surface area contributed by atoms with E-state index in [-0.39, 0.29) is 0 Å². The standard InChI is InChI=1S/C10H12ClNO/c1-6-4-7-8(11)2-3-12-10(7)9(13)5-6/h2-3,6,9,13H,4-5H2,1H3/t6-,9+/m0/s1. The first kappa shape index (κ1) is 8.97. The first-order valence-corrected chi connectivity index (χ1v) is 4.87. The van der Waals surface area contributed by atoms with Gasteiger partial charge in [-0.2, -0.15) is 0 Å². The van der Waals surface area contributed by atoms with Crippen LogP contribution in [0.3, 0.4) is 0 Å². The van der Waals surface area contributed by atoms with E-state index in [2.05, 4.69) is 11.9 Å². The summed E-state index contributed by atoms with van der Waals surface area (Å²) in [7, 11) is 0. The molecule has 0 aromatic carbocycles. The molecule has 1 aromatic rings. The maximum absolute atomic E-state index is 9.74. The van der Waals surface area contributed by atoms with Gasteiger partial charge in [-0.1, -0.05) is 18.5 Å². The average molecular weight is 198 g/mol. The zero-order valence-corrected chi connectivity index (χ0v) is 8.25. The van der Waals surface area contributed by atoms with Crippen LogP contribution in [0.15, 0.2) is 12.3 Å². The van der Waals surface area contributed by atoms with Crippen molar-refractivity contribution in [2.75, 3.05) is 0 Å². The number of aliphatic hydroxyl groups excluding tert-OH is 1. The topological polar surface area (TPSA) is 33.1 Å². The third-order valence-corrected chi connectivity index (χ3v) is 2.88. The molecule has 1 N–H and O–H groups in total. The van der Waals surface area contributed by atoms with Gasteiger partial charge in [-0.15, -0.1) is 0 Å². The number of pyridine rings is 1. The molecule has 0 saturated heterocycles. The van der Waals surface area contributed by atoms with Crippen molar-refractivity contribution in [2.45, 2.75) is 25.9 Å². The van der Waals surface area contributed by atoms with Crippen LogP contribution in [-0.2, 0) is 6.42 Å². The predicted octanol–water partition coefficient (Wildman–Crippen LogP) is 2.35. The van der Waals surface area contributed by atoms with E-state index in [1.165, 1.54) is 0 Å². The number of fused-ring (bicyclic) bond motifs is 1. The summed E-state index contributed by atoms with van der Waals surface area (Å²) in [5.41, 5.74) is 1.79. The van der Waals surface area contributed by atoms with Crippen LogP contribution in [0.25, 0.3) is 0 Å².